The molecule has 3 rings (SSSR count). The van der Waals surface area contributed by atoms with Crippen molar-refractivity contribution in [3.05, 3.63) is 23.4 Å². The van der Waals surface area contributed by atoms with Gasteiger partial charge < -0.3 is 15.2 Å². The van der Waals surface area contributed by atoms with E-state index in [0.717, 1.165) is 30.8 Å². The molecular weight excluding hydrogens is 362 g/mol. The molecule has 7 nitrogen and oxygen atoms in total. The summed E-state index contributed by atoms with van der Waals surface area (Å²) in [7, 11) is 0. The van der Waals surface area contributed by atoms with Crippen LogP contribution in [0.5, 0.6) is 0 Å². The highest BCUT2D eigenvalue weighted by molar-refractivity contribution is 7.13. The highest BCUT2D eigenvalue weighted by Gasteiger charge is 2.25. The Labute approximate surface area is 157 Å². The Balaban J connectivity index is 0.00000225. The van der Waals surface area contributed by atoms with Crippen molar-refractivity contribution in [3.63, 3.8) is 0 Å². The normalized spacial score (nSPS) is 16.5. The van der Waals surface area contributed by atoms with E-state index in [1.807, 2.05) is 29.3 Å². The molecule has 1 amide bonds. The number of carbonyl (C=O) groups excluding carboxylic acids is 1. The summed E-state index contributed by atoms with van der Waals surface area (Å²) in [5.74, 6) is 1.31. The van der Waals surface area contributed by atoms with E-state index in [0.29, 0.717) is 31.3 Å². The first-order valence-corrected chi connectivity index (χ1v) is 9.18. The predicted octanol–water partition coefficient (Wildman–Crippen LogP) is 1.99. The van der Waals surface area contributed by atoms with Crippen LogP contribution in [0, 0.1) is 0 Å². The van der Waals surface area contributed by atoms with Gasteiger partial charge in [0.2, 0.25) is 17.6 Å². The topological polar surface area (TPSA) is 88.5 Å². The van der Waals surface area contributed by atoms with Crippen LogP contribution in [0.15, 0.2) is 22.0 Å². The summed E-state index contributed by atoms with van der Waals surface area (Å²) >= 11 is 1.59. The zero-order valence-corrected chi connectivity index (χ0v) is 15.9. The first kappa shape index (κ1) is 19.8. The molecule has 2 aromatic rings. The summed E-state index contributed by atoms with van der Waals surface area (Å²) in [6.45, 7) is 5.63. The SMILES string of the molecule is CCCC(N)C(=O)N1CCN(Cc2nc(-c3cccs3)no2)CC1.Cl. The molecule has 1 unspecified atom stereocenters. The van der Waals surface area contributed by atoms with Gasteiger partial charge in [-0.1, -0.05) is 24.6 Å². The molecule has 1 fully saturated rings. The van der Waals surface area contributed by atoms with Gasteiger partial charge in [-0.05, 0) is 17.9 Å². The summed E-state index contributed by atoms with van der Waals surface area (Å²) < 4.78 is 5.34. The monoisotopic (exact) mass is 385 g/mol. The zero-order chi connectivity index (χ0) is 16.9. The van der Waals surface area contributed by atoms with Crippen LogP contribution >= 0.6 is 23.7 Å². The fraction of sp³-hybridized carbons (Fsp3) is 0.562. The quantitative estimate of drug-likeness (QED) is 0.818. The maximum atomic E-state index is 12.2. The number of aromatic nitrogens is 2. The van der Waals surface area contributed by atoms with E-state index in [4.69, 9.17) is 10.3 Å². The predicted molar refractivity (Wildman–Crippen MR) is 99.6 cm³/mol. The lowest BCUT2D eigenvalue weighted by Crippen LogP contribution is -2.52. The second kappa shape index (κ2) is 9.28. The van der Waals surface area contributed by atoms with Crippen LogP contribution in [-0.4, -0.2) is 58.1 Å². The first-order chi connectivity index (χ1) is 11.7. The number of carbonyl (C=O) groups is 1. The average Bonchev–Trinajstić information content (AvgIpc) is 3.26. The Morgan fingerprint density at radius 1 is 1.40 bits per heavy atom. The van der Waals surface area contributed by atoms with E-state index in [1.54, 1.807) is 11.3 Å². The molecule has 0 bridgehead atoms. The van der Waals surface area contributed by atoms with Gasteiger partial charge in [0.25, 0.3) is 0 Å². The van der Waals surface area contributed by atoms with Crippen molar-refractivity contribution in [2.45, 2.75) is 32.4 Å². The van der Waals surface area contributed by atoms with Gasteiger partial charge in [0.05, 0.1) is 17.5 Å². The Kier molecular flexibility index (Phi) is 7.37. The molecule has 25 heavy (non-hydrogen) atoms. The van der Waals surface area contributed by atoms with Crippen LogP contribution in [0.1, 0.15) is 25.7 Å². The number of piperazine rings is 1. The van der Waals surface area contributed by atoms with Crippen molar-refractivity contribution in [2.75, 3.05) is 26.2 Å². The summed E-state index contributed by atoms with van der Waals surface area (Å²) in [4.78, 5) is 21.8. The van der Waals surface area contributed by atoms with Gasteiger partial charge >= 0.3 is 0 Å². The Bertz CT molecular complexity index is 655. The van der Waals surface area contributed by atoms with Crippen LogP contribution in [0.2, 0.25) is 0 Å². The number of hydrogen-bond donors (Lipinski definition) is 1. The van der Waals surface area contributed by atoms with Gasteiger partial charge in [-0.15, -0.1) is 23.7 Å². The third-order valence-electron chi connectivity index (χ3n) is 4.17. The molecule has 1 atom stereocenters. The molecule has 1 saturated heterocycles. The molecule has 0 spiro atoms. The van der Waals surface area contributed by atoms with Crippen molar-refractivity contribution in [2.24, 2.45) is 5.73 Å². The van der Waals surface area contributed by atoms with E-state index in [9.17, 15) is 4.79 Å². The number of halogens is 1. The van der Waals surface area contributed by atoms with Gasteiger partial charge in [0.15, 0.2) is 0 Å². The minimum absolute atomic E-state index is 0. The van der Waals surface area contributed by atoms with Crippen LogP contribution in [0.3, 0.4) is 0 Å². The summed E-state index contributed by atoms with van der Waals surface area (Å²) in [6.07, 6.45) is 1.67. The third-order valence-corrected chi connectivity index (χ3v) is 5.04. The molecule has 2 N–H and O–H groups in total. The fourth-order valence-corrected chi connectivity index (χ4v) is 3.46. The van der Waals surface area contributed by atoms with Crippen LogP contribution in [0.25, 0.3) is 10.7 Å². The van der Waals surface area contributed by atoms with Gasteiger partial charge in [0, 0.05) is 26.2 Å². The highest BCUT2D eigenvalue weighted by atomic mass is 35.5. The molecule has 2 aromatic heterocycles. The lowest BCUT2D eigenvalue weighted by Gasteiger charge is -2.35. The minimum atomic E-state index is -0.370. The van der Waals surface area contributed by atoms with Gasteiger partial charge in [-0.25, -0.2) is 0 Å². The second-order valence-electron chi connectivity index (χ2n) is 5.99. The molecular formula is C16H24ClN5O2S. The minimum Gasteiger partial charge on any atom is -0.339 e. The molecule has 0 saturated carbocycles. The standard InChI is InChI=1S/C16H23N5O2S.ClH/c1-2-4-12(17)16(22)21-8-6-20(7-9-21)11-14-18-15(19-23-14)13-5-3-10-24-13;/h3,5,10,12H,2,4,6-9,11,17H2,1H3;1H. The Hall–Kier alpha value is -1.48. The van der Waals surface area contributed by atoms with Crippen molar-refractivity contribution >= 4 is 29.7 Å². The van der Waals surface area contributed by atoms with Crippen molar-refractivity contribution in [1.29, 1.82) is 0 Å². The molecule has 0 radical (unpaired) electrons. The number of nitrogens with zero attached hydrogens (tertiary/aromatic N) is 4. The van der Waals surface area contributed by atoms with Crippen molar-refractivity contribution < 1.29 is 9.32 Å². The van der Waals surface area contributed by atoms with Gasteiger partial charge in [-0.2, -0.15) is 4.98 Å². The average molecular weight is 386 g/mol. The maximum absolute atomic E-state index is 12.2. The van der Waals surface area contributed by atoms with E-state index in [1.165, 1.54) is 0 Å². The second-order valence-corrected chi connectivity index (χ2v) is 6.93. The van der Waals surface area contributed by atoms with E-state index in [2.05, 4.69) is 15.0 Å². The van der Waals surface area contributed by atoms with E-state index < -0.39 is 0 Å². The smallest absolute Gasteiger partial charge is 0.241 e. The lowest BCUT2D eigenvalue weighted by molar-refractivity contribution is -0.134. The summed E-state index contributed by atoms with van der Waals surface area (Å²) in [6, 6.07) is 3.57. The van der Waals surface area contributed by atoms with E-state index >= 15 is 0 Å². The number of nitrogens with two attached hydrogens (primary N) is 1. The zero-order valence-electron chi connectivity index (χ0n) is 14.3. The number of hydrogen-bond acceptors (Lipinski definition) is 7. The fourth-order valence-electron chi connectivity index (χ4n) is 2.81. The largest absolute Gasteiger partial charge is 0.339 e. The number of amides is 1. The van der Waals surface area contributed by atoms with Gasteiger partial charge in [0.1, 0.15) is 0 Å². The molecule has 3 heterocycles. The maximum Gasteiger partial charge on any atom is 0.241 e. The van der Waals surface area contributed by atoms with Gasteiger partial charge in [-0.3, -0.25) is 9.69 Å². The molecule has 0 aliphatic carbocycles. The Morgan fingerprint density at radius 2 is 2.16 bits per heavy atom. The lowest BCUT2D eigenvalue weighted by atomic mass is 10.1. The van der Waals surface area contributed by atoms with Crippen LogP contribution < -0.4 is 5.73 Å². The molecule has 138 valence electrons. The number of rotatable bonds is 6. The van der Waals surface area contributed by atoms with Crippen LogP contribution in [-0.2, 0) is 11.3 Å². The van der Waals surface area contributed by atoms with Crippen molar-refractivity contribution in [3.8, 4) is 10.7 Å². The highest BCUT2D eigenvalue weighted by Crippen LogP contribution is 2.21. The molecule has 1 aliphatic rings. The van der Waals surface area contributed by atoms with Crippen molar-refractivity contribution in [1.82, 2.24) is 19.9 Å². The summed E-state index contributed by atoms with van der Waals surface area (Å²) in [5.41, 5.74) is 5.93. The molecule has 1 aliphatic heterocycles. The van der Waals surface area contributed by atoms with Crippen LogP contribution in [0.4, 0.5) is 0 Å². The summed E-state index contributed by atoms with van der Waals surface area (Å²) in [5, 5.41) is 6.02. The van der Waals surface area contributed by atoms with E-state index in [-0.39, 0.29) is 24.4 Å². The number of thiophene rings is 1. The molecule has 9 heteroatoms. The molecule has 0 aromatic carbocycles. The first-order valence-electron chi connectivity index (χ1n) is 8.30. The third kappa shape index (κ3) is 5.01. The Morgan fingerprint density at radius 3 is 2.80 bits per heavy atom.